The van der Waals surface area contributed by atoms with E-state index in [2.05, 4.69) is 19.2 Å². The lowest BCUT2D eigenvalue weighted by Crippen LogP contribution is -2.45. The van der Waals surface area contributed by atoms with Crippen LogP contribution >= 0.6 is 0 Å². The standard InChI is InChI=1S/C67H133NO5/c1-3-5-7-9-11-13-15-17-19-21-22-23-24-25-26-28-31-35-39-43-47-51-55-59-65(70)64(63-69)68-66(71)60-56-52-48-44-40-36-32-29-30-34-38-42-46-50-54-58-62-73-67(72)61-57-53-49-45-41-37-33-27-20-18-16-14-12-10-8-6-4-2/h64-65,69-70H,3-63H2,1-2H3,(H,68,71). The fraction of sp³-hybridized carbons (Fsp3) is 0.970. The molecule has 0 aromatic heterocycles. The minimum Gasteiger partial charge on any atom is -0.466 e. The van der Waals surface area contributed by atoms with Crippen LogP contribution < -0.4 is 5.32 Å². The van der Waals surface area contributed by atoms with Crippen molar-refractivity contribution in [3.05, 3.63) is 0 Å². The Morgan fingerprint density at radius 1 is 0.329 bits per heavy atom. The minimum atomic E-state index is -0.669. The topological polar surface area (TPSA) is 95.9 Å². The largest absolute Gasteiger partial charge is 0.466 e. The van der Waals surface area contributed by atoms with Crippen LogP contribution in [0.2, 0.25) is 0 Å². The van der Waals surface area contributed by atoms with E-state index in [4.69, 9.17) is 4.74 Å². The average molecular weight is 1030 g/mol. The molecule has 0 fully saturated rings. The highest BCUT2D eigenvalue weighted by molar-refractivity contribution is 5.76. The zero-order valence-corrected chi connectivity index (χ0v) is 49.9. The van der Waals surface area contributed by atoms with Gasteiger partial charge in [0.1, 0.15) is 0 Å². The highest BCUT2D eigenvalue weighted by atomic mass is 16.5. The number of nitrogens with one attached hydrogen (secondary N) is 1. The van der Waals surface area contributed by atoms with Gasteiger partial charge in [0.25, 0.3) is 0 Å². The third-order valence-electron chi connectivity index (χ3n) is 16.2. The van der Waals surface area contributed by atoms with E-state index in [1.165, 1.54) is 321 Å². The zero-order chi connectivity index (χ0) is 52.9. The SMILES string of the molecule is CCCCCCCCCCCCCCCCCCCCCCCCCC(O)C(CO)NC(=O)CCCCCCCCCCCCCCCCCCOC(=O)CCCCCCCCCCCCCCCCCCC. The number of esters is 1. The molecule has 2 atom stereocenters. The number of hydrogen-bond donors (Lipinski definition) is 3. The Labute approximate surface area is 457 Å². The van der Waals surface area contributed by atoms with Gasteiger partial charge in [0, 0.05) is 12.8 Å². The van der Waals surface area contributed by atoms with Gasteiger partial charge in [0.2, 0.25) is 5.91 Å². The number of ether oxygens (including phenoxy) is 1. The van der Waals surface area contributed by atoms with E-state index in [0.29, 0.717) is 25.9 Å². The van der Waals surface area contributed by atoms with Crippen molar-refractivity contribution >= 4 is 11.9 Å². The molecular formula is C67H133NO5. The summed E-state index contributed by atoms with van der Waals surface area (Å²) in [6, 6.07) is -0.547. The van der Waals surface area contributed by atoms with Crippen LogP contribution in [0.5, 0.6) is 0 Å². The molecule has 0 saturated heterocycles. The van der Waals surface area contributed by atoms with Crippen molar-refractivity contribution in [3.63, 3.8) is 0 Å². The Morgan fingerprint density at radius 3 is 0.836 bits per heavy atom. The molecule has 0 aliphatic carbocycles. The maximum atomic E-state index is 12.5. The van der Waals surface area contributed by atoms with E-state index in [9.17, 15) is 19.8 Å². The Kier molecular flexibility index (Phi) is 62.4. The zero-order valence-electron chi connectivity index (χ0n) is 49.9. The lowest BCUT2D eigenvalue weighted by atomic mass is 10.0. The summed E-state index contributed by atoms with van der Waals surface area (Å²) in [6.45, 7) is 4.99. The normalized spacial score (nSPS) is 12.4. The molecule has 0 heterocycles. The van der Waals surface area contributed by atoms with Gasteiger partial charge in [-0.3, -0.25) is 9.59 Å². The molecule has 6 nitrogen and oxygen atoms in total. The van der Waals surface area contributed by atoms with Crippen LogP contribution in [0.4, 0.5) is 0 Å². The quantitative estimate of drug-likeness (QED) is 0.0417. The molecule has 0 aliphatic heterocycles. The second-order valence-electron chi connectivity index (χ2n) is 23.5. The van der Waals surface area contributed by atoms with Crippen molar-refractivity contribution in [3.8, 4) is 0 Å². The Bertz CT molecular complexity index is 1050. The number of carbonyl (C=O) groups is 2. The third kappa shape index (κ3) is 60.0. The Balaban J connectivity index is 3.39. The first kappa shape index (κ1) is 71.9. The van der Waals surface area contributed by atoms with Crippen molar-refractivity contribution in [2.45, 2.75) is 405 Å². The lowest BCUT2D eigenvalue weighted by Gasteiger charge is -2.22. The van der Waals surface area contributed by atoms with Gasteiger partial charge in [-0.1, -0.05) is 354 Å². The summed E-state index contributed by atoms with van der Waals surface area (Å²) in [4.78, 5) is 24.6. The summed E-state index contributed by atoms with van der Waals surface area (Å²) in [5.41, 5.74) is 0. The van der Waals surface area contributed by atoms with E-state index < -0.39 is 12.1 Å². The highest BCUT2D eigenvalue weighted by Gasteiger charge is 2.20. The predicted octanol–water partition coefficient (Wildman–Crippen LogP) is 21.4. The van der Waals surface area contributed by atoms with E-state index >= 15 is 0 Å². The molecule has 3 N–H and O–H groups in total. The van der Waals surface area contributed by atoms with Crippen LogP contribution in [-0.4, -0.2) is 47.4 Å². The smallest absolute Gasteiger partial charge is 0.305 e. The number of aliphatic hydroxyl groups is 2. The monoisotopic (exact) mass is 1030 g/mol. The van der Waals surface area contributed by atoms with E-state index in [1.54, 1.807) is 0 Å². The van der Waals surface area contributed by atoms with Crippen LogP contribution in [0.15, 0.2) is 0 Å². The third-order valence-corrected chi connectivity index (χ3v) is 16.2. The molecule has 0 aromatic carbocycles. The first-order valence-corrected chi connectivity index (χ1v) is 33.8. The molecule has 0 spiro atoms. The molecule has 0 rings (SSSR count). The first-order chi connectivity index (χ1) is 36.0. The molecule has 0 aromatic rings. The summed E-state index contributed by atoms with van der Waals surface area (Å²) < 4.78 is 5.50. The van der Waals surface area contributed by atoms with Gasteiger partial charge in [-0.15, -0.1) is 0 Å². The maximum Gasteiger partial charge on any atom is 0.305 e. The average Bonchev–Trinajstić information content (AvgIpc) is 3.39. The van der Waals surface area contributed by atoms with E-state index in [-0.39, 0.29) is 18.5 Å². The van der Waals surface area contributed by atoms with Gasteiger partial charge in [-0.05, 0) is 25.7 Å². The Morgan fingerprint density at radius 2 is 0.562 bits per heavy atom. The number of hydrogen-bond acceptors (Lipinski definition) is 5. The Hall–Kier alpha value is -1.14. The predicted molar refractivity (Wildman–Crippen MR) is 320 cm³/mol. The van der Waals surface area contributed by atoms with Crippen molar-refractivity contribution in [2.75, 3.05) is 13.2 Å². The number of rotatable bonds is 64. The fourth-order valence-electron chi connectivity index (χ4n) is 11.0. The van der Waals surface area contributed by atoms with Gasteiger partial charge >= 0.3 is 5.97 Å². The van der Waals surface area contributed by atoms with Gasteiger partial charge in [-0.2, -0.15) is 0 Å². The van der Waals surface area contributed by atoms with Gasteiger partial charge < -0.3 is 20.3 Å². The fourth-order valence-corrected chi connectivity index (χ4v) is 11.0. The second kappa shape index (κ2) is 63.4. The van der Waals surface area contributed by atoms with Crippen LogP contribution in [0.3, 0.4) is 0 Å². The summed E-state index contributed by atoms with van der Waals surface area (Å²) in [6.07, 6.45) is 75.5. The van der Waals surface area contributed by atoms with Crippen molar-refractivity contribution in [1.29, 1.82) is 0 Å². The maximum absolute atomic E-state index is 12.5. The number of amides is 1. The summed E-state index contributed by atoms with van der Waals surface area (Å²) in [5, 5.41) is 23.4. The molecule has 73 heavy (non-hydrogen) atoms. The van der Waals surface area contributed by atoms with Crippen molar-refractivity contribution in [1.82, 2.24) is 5.32 Å². The molecule has 0 bridgehead atoms. The summed E-state index contributed by atoms with van der Waals surface area (Å²) >= 11 is 0. The van der Waals surface area contributed by atoms with Gasteiger partial charge in [0.05, 0.1) is 25.4 Å². The van der Waals surface area contributed by atoms with Crippen molar-refractivity contribution in [2.24, 2.45) is 0 Å². The van der Waals surface area contributed by atoms with Crippen molar-refractivity contribution < 1.29 is 24.5 Å². The summed E-state index contributed by atoms with van der Waals surface area (Å²) in [7, 11) is 0. The van der Waals surface area contributed by atoms with E-state index in [1.807, 2.05) is 0 Å². The molecule has 6 heteroatoms. The first-order valence-electron chi connectivity index (χ1n) is 33.8. The molecule has 0 aliphatic rings. The molecule has 436 valence electrons. The molecular weight excluding hydrogens is 899 g/mol. The van der Waals surface area contributed by atoms with Crippen LogP contribution in [-0.2, 0) is 14.3 Å². The number of aliphatic hydroxyl groups excluding tert-OH is 2. The van der Waals surface area contributed by atoms with Crippen LogP contribution in [0.1, 0.15) is 393 Å². The molecule has 1 amide bonds. The van der Waals surface area contributed by atoms with Crippen LogP contribution in [0.25, 0.3) is 0 Å². The highest BCUT2D eigenvalue weighted by Crippen LogP contribution is 2.19. The lowest BCUT2D eigenvalue weighted by molar-refractivity contribution is -0.143. The van der Waals surface area contributed by atoms with Gasteiger partial charge in [-0.25, -0.2) is 0 Å². The van der Waals surface area contributed by atoms with E-state index in [0.717, 1.165) is 38.5 Å². The molecule has 0 radical (unpaired) electrons. The summed E-state index contributed by atoms with van der Waals surface area (Å²) in [5.74, 6) is -0.0272. The minimum absolute atomic E-state index is 0.00892. The number of carbonyl (C=O) groups excluding carboxylic acids is 2. The number of unbranched alkanes of at least 4 members (excludes halogenated alkanes) is 53. The van der Waals surface area contributed by atoms with Gasteiger partial charge in [0.15, 0.2) is 0 Å². The second-order valence-corrected chi connectivity index (χ2v) is 23.5. The molecule has 2 unspecified atom stereocenters. The molecule has 0 saturated carbocycles. The van der Waals surface area contributed by atoms with Crippen LogP contribution in [0, 0.1) is 0 Å².